The molecule has 2 fully saturated rings. The molecule has 1 aromatic heterocycles. The van der Waals surface area contributed by atoms with Crippen molar-refractivity contribution >= 4 is 27.0 Å². The van der Waals surface area contributed by atoms with E-state index in [4.69, 9.17) is 0 Å². The van der Waals surface area contributed by atoms with E-state index in [9.17, 15) is 18.5 Å². The number of hydrogen-bond acceptors (Lipinski definition) is 7. The fourth-order valence-electron chi connectivity index (χ4n) is 4.21. The van der Waals surface area contributed by atoms with Crippen LogP contribution in [0.15, 0.2) is 29.2 Å². The molecule has 2 aromatic rings. The maximum atomic E-state index is 12.8. The normalized spacial score (nSPS) is 19.6. The van der Waals surface area contributed by atoms with Crippen LogP contribution in [0, 0.1) is 16.0 Å². The average molecular weight is 437 g/mol. The first-order valence-electron chi connectivity index (χ1n) is 10.0. The van der Waals surface area contributed by atoms with Gasteiger partial charge in [0.05, 0.1) is 9.82 Å². The minimum Gasteiger partial charge on any atom is -0.258 e. The van der Waals surface area contributed by atoms with Crippen LogP contribution in [0.2, 0.25) is 0 Å². The number of hydrogen-bond donors (Lipinski definition) is 0. The second kappa shape index (κ2) is 8.45. The highest BCUT2D eigenvalue weighted by Crippen LogP contribution is 2.34. The molecule has 10 heteroatoms. The number of benzene rings is 1. The molecule has 1 saturated heterocycles. The van der Waals surface area contributed by atoms with Crippen molar-refractivity contribution in [3.8, 4) is 0 Å². The summed E-state index contributed by atoms with van der Waals surface area (Å²) in [5.74, 6) is 0.984. The van der Waals surface area contributed by atoms with Crippen LogP contribution in [0.1, 0.15) is 54.5 Å². The molecular formula is C19H24N4O4S2. The van der Waals surface area contributed by atoms with Crippen LogP contribution in [-0.2, 0) is 16.4 Å². The summed E-state index contributed by atoms with van der Waals surface area (Å²) in [5.41, 5.74) is -0.118. The molecule has 2 heterocycles. The Morgan fingerprint density at radius 3 is 2.34 bits per heavy atom. The summed E-state index contributed by atoms with van der Waals surface area (Å²) < 4.78 is 27.1. The van der Waals surface area contributed by atoms with Crippen molar-refractivity contribution in [2.75, 3.05) is 13.1 Å². The van der Waals surface area contributed by atoms with Crippen molar-refractivity contribution in [1.29, 1.82) is 0 Å². The van der Waals surface area contributed by atoms with Gasteiger partial charge in [0.25, 0.3) is 5.69 Å². The Labute approximate surface area is 174 Å². The predicted molar refractivity (Wildman–Crippen MR) is 109 cm³/mol. The third kappa shape index (κ3) is 4.49. The van der Waals surface area contributed by atoms with Gasteiger partial charge < -0.3 is 0 Å². The van der Waals surface area contributed by atoms with Crippen LogP contribution >= 0.6 is 11.3 Å². The van der Waals surface area contributed by atoms with Crippen LogP contribution in [-0.4, -0.2) is 40.9 Å². The first kappa shape index (κ1) is 20.4. The second-order valence-corrected chi connectivity index (χ2v) is 10.8. The Morgan fingerprint density at radius 1 is 1.07 bits per heavy atom. The minimum absolute atomic E-state index is 0.0938. The molecule has 1 aliphatic carbocycles. The Bertz CT molecular complexity index is 960. The standard InChI is InChI=1S/C19H24N4O4S2/c24-23(25)16-5-7-17(8-6-16)29(26,27)22-11-9-15(10-12-22)19-21-20-18(28-19)13-14-3-1-2-4-14/h5-8,14-15H,1-4,9-13H2. The molecule has 1 aromatic carbocycles. The fraction of sp³-hybridized carbons (Fsp3) is 0.579. The van der Waals surface area contributed by atoms with Crippen molar-refractivity contribution in [1.82, 2.24) is 14.5 Å². The first-order chi connectivity index (χ1) is 13.9. The van der Waals surface area contributed by atoms with E-state index in [1.165, 1.54) is 54.3 Å². The molecule has 0 radical (unpaired) electrons. The van der Waals surface area contributed by atoms with Crippen LogP contribution in [0.4, 0.5) is 5.69 Å². The summed E-state index contributed by atoms with van der Waals surface area (Å²) in [5, 5.41) is 21.7. The van der Waals surface area contributed by atoms with Crippen molar-refractivity contribution in [2.24, 2.45) is 5.92 Å². The lowest BCUT2D eigenvalue weighted by Gasteiger charge is -2.30. The number of non-ortho nitro benzene ring substituents is 1. The molecule has 4 rings (SSSR count). The molecule has 1 saturated carbocycles. The maximum Gasteiger partial charge on any atom is 0.269 e. The lowest BCUT2D eigenvalue weighted by Crippen LogP contribution is -2.37. The van der Waals surface area contributed by atoms with Gasteiger partial charge in [-0.1, -0.05) is 25.7 Å². The zero-order valence-corrected chi connectivity index (χ0v) is 17.7. The van der Waals surface area contributed by atoms with Gasteiger partial charge in [0.2, 0.25) is 10.0 Å². The fourth-order valence-corrected chi connectivity index (χ4v) is 6.80. The first-order valence-corrected chi connectivity index (χ1v) is 12.3. The van der Waals surface area contributed by atoms with Crippen molar-refractivity contribution in [3.05, 3.63) is 44.4 Å². The largest absolute Gasteiger partial charge is 0.269 e. The number of piperidine rings is 1. The highest BCUT2D eigenvalue weighted by Gasteiger charge is 2.31. The molecule has 1 aliphatic heterocycles. The predicted octanol–water partition coefficient (Wildman–Crippen LogP) is 3.75. The number of aromatic nitrogens is 2. The summed E-state index contributed by atoms with van der Waals surface area (Å²) in [4.78, 5) is 10.3. The SMILES string of the molecule is O=[N+]([O-])c1ccc(S(=O)(=O)N2CCC(c3nnc(CC4CCCC4)s3)CC2)cc1. The Morgan fingerprint density at radius 2 is 1.72 bits per heavy atom. The molecule has 2 aliphatic rings. The molecule has 0 bridgehead atoms. The third-order valence-electron chi connectivity index (χ3n) is 5.91. The lowest BCUT2D eigenvalue weighted by atomic mass is 9.99. The molecule has 8 nitrogen and oxygen atoms in total. The second-order valence-electron chi connectivity index (χ2n) is 7.82. The lowest BCUT2D eigenvalue weighted by molar-refractivity contribution is -0.384. The molecule has 0 N–H and O–H groups in total. The summed E-state index contributed by atoms with van der Waals surface area (Å²) in [6.45, 7) is 0.836. The zero-order valence-electron chi connectivity index (χ0n) is 16.1. The smallest absolute Gasteiger partial charge is 0.258 e. The minimum atomic E-state index is -3.64. The number of nitrogens with zero attached hydrogens (tertiary/aromatic N) is 4. The van der Waals surface area contributed by atoms with Crippen LogP contribution in [0.5, 0.6) is 0 Å². The van der Waals surface area contributed by atoms with Gasteiger partial charge in [-0.15, -0.1) is 21.5 Å². The van der Waals surface area contributed by atoms with E-state index in [2.05, 4.69) is 10.2 Å². The Hall–Kier alpha value is -1.91. The summed E-state index contributed by atoms with van der Waals surface area (Å²) in [6.07, 6.45) is 7.65. The van der Waals surface area contributed by atoms with E-state index in [1.54, 1.807) is 11.3 Å². The number of nitro benzene ring substituents is 1. The topological polar surface area (TPSA) is 106 Å². The molecule has 0 unspecified atom stereocenters. The van der Waals surface area contributed by atoms with Gasteiger partial charge in [0, 0.05) is 37.6 Å². The van der Waals surface area contributed by atoms with Gasteiger partial charge in [0.15, 0.2) is 0 Å². The van der Waals surface area contributed by atoms with E-state index in [0.29, 0.717) is 25.9 Å². The Balaban J connectivity index is 1.37. The van der Waals surface area contributed by atoms with Crippen LogP contribution in [0.25, 0.3) is 0 Å². The Kier molecular flexibility index (Phi) is 5.93. The van der Waals surface area contributed by atoms with Gasteiger partial charge in [-0.2, -0.15) is 4.31 Å². The molecule has 156 valence electrons. The van der Waals surface area contributed by atoms with E-state index in [-0.39, 0.29) is 16.5 Å². The van der Waals surface area contributed by atoms with E-state index < -0.39 is 14.9 Å². The summed E-state index contributed by atoms with van der Waals surface area (Å²) in [7, 11) is -3.64. The van der Waals surface area contributed by atoms with Gasteiger partial charge in [-0.3, -0.25) is 10.1 Å². The zero-order chi connectivity index (χ0) is 20.4. The summed E-state index contributed by atoms with van der Waals surface area (Å²) in [6, 6.07) is 5.07. The van der Waals surface area contributed by atoms with Crippen molar-refractivity contribution < 1.29 is 13.3 Å². The van der Waals surface area contributed by atoms with Gasteiger partial charge >= 0.3 is 0 Å². The summed E-state index contributed by atoms with van der Waals surface area (Å²) >= 11 is 1.68. The van der Waals surface area contributed by atoms with Gasteiger partial charge in [-0.05, 0) is 30.9 Å². The molecule has 0 amide bonds. The van der Waals surface area contributed by atoms with Crippen LogP contribution < -0.4 is 0 Å². The maximum absolute atomic E-state index is 12.8. The molecule has 0 atom stereocenters. The molecule has 29 heavy (non-hydrogen) atoms. The highest BCUT2D eigenvalue weighted by atomic mass is 32.2. The average Bonchev–Trinajstić information content (AvgIpc) is 3.41. The van der Waals surface area contributed by atoms with E-state index in [0.717, 1.165) is 22.4 Å². The highest BCUT2D eigenvalue weighted by molar-refractivity contribution is 7.89. The monoisotopic (exact) mass is 436 g/mol. The van der Waals surface area contributed by atoms with E-state index in [1.807, 2.05) is 0 Å². The third-order valence-corrected chi connectivity index (χ3v) is 8.93. The van der Waals surface area contributed by atoms with Crippen molar-refractivity contribution in [3.63, 3.8) is 0 Å². The molecule has 0 spiro atoms. The van der Waals surface area contributed by atoms with Gasteiger partial charge in [-0.25, -0.2) is 8.42 Å². The number of nitro groups is 1. The number of rotatable bonds is 6. The number of sulfonamides is 1. The van der Waals surface area contributed by atoms with E-state index >= 15 is 0 Å². The molecular weight excluding hydrogens is 412 g/mol. The quantitative estimate of drug-likeness (QED) is 0.504. The van der Waals surface area contributed by atoms with Crippen molar-refractivity contribution in [2.45, 2.75) is 55.8 Å². The van der Waals surface area contributed by atoms with Crippen LogP contribution in [0.3, 0.4) is 0 Å². The van der Waals surface area contributed by atoms with Gasteiger partial charge in [0.1, 0.15) is 10.0 Å².